The van der Waals surface area contributed by atoms with Crippen LogP contribution in [0.3, 0.4) is 0 Å². The quantitative estimate of drug-likeness (QED) is 0.734. The molecule has 0 aliphatic heterocycles. The third kappa shape index (κ3) is 5.38. The maximum absolute atomic E-state index is 13.7. The number of amides is 1. The summed E-state index contributed by atoms with van der Waals surface area (Å²) in [6.45, 7) is 1.78. The van der Waals surface area contributed by atoms with E-state index in [9.17, 15) is 14.0 Å². The van der Waals surface area contributed by atoms with E-state index in [1.165, 1.54) is 12.1 Å². The molecule has 2 atom stereocenters. The lowest BCUT2D eigenvalue weighted by Crippen LogP contribution is -2.38. The van der Waals surface area contributed by atoms with Gasteiger partial charge in [-0.1, -0.05) is 31.0 Å². The topological polar surface area (TPSA) is 68.3 Å². The van der Waals surface area contributed by atoms with Crippen LogP contribution >= 0.6 is 0 Å². The molecule has 1 amide bonds. The zero-order chi connectivity index (χ0) is 19.9. The highest BCUT2D eigenvalue weighted by atomic mass is 19.1. The van der Waals surface area contributed by atoms with Gasteiger partial charge in [-0.3, -0.25) is 14.6 Å². The maximum Gasteiger partial charge on any atom is 0.308 e. The van der Waals surface area contributed by atoms with Crippen LogP contribution in [-0.2, 0) is 14.3 Å². The van der Waals surface area contributed by atoms with Crippen LogP contribution in [0.2, 0.25) is 0 Å². The lowest BCUT2D eigenvalue weighted by Gasteiger charge is -2.20. The van der Waals surface area contributed by atoms with Gasteiger partial charge in [-0.15, -0.1) is 0 Å². The summed E-state index contributed by atoms with van der Waals surface area (Å²) in [5.74, 6) is -0.831. The Balaban J connectivity index is 1.65. The first-order valence-corrected chi connectivity index (χ1v) is 9.69. The van der Waals surface area contributed by atoms with Gasteiger partial charge in [0.15, 0.2) is 6.10 Å². The van der Waals surface area contributed by atoms with Crippen molar-refractivity contribution in [3.63, 3.8) is 0 Å². The fourth-order valence-electron chi connectivity index (χ4n) is 3.53. The fraction of sp³-hybridized carbons (Fsp3) is 0.409. The predicted octanol–water partition coefficient (Wildman–Crippen LogP) is 3.94. The van der Waals surface area contributed by atoms with Crippen molar-refractivity contribution in [1.82, 2.24) is 10.3 Å². The third-order valence-electron chi connectivity index (χ3n) is 4.94. The Labute approximate surface area is 164 Å². The van der Waals surface area contributed by atoms with Crippen LogP contribution < -0.4 is 5.32 Å². The van der Waals surface area contributed by atoms with Gasteiger partial charge in [0.05, 0.1) is 12.1 Å². The second-order valence-corrected chi connectivity index (χ2v) is 7.27. The summed E-state index contributed by atoms with van der Waals surface area (Å²) in [4.78, 5) is 29.0. The van der Waals surface area contributed by atoms with Crippen LogP contribution in [0.5, 0.6) is 0 Å². The van der Waals surface area contributed by atoms with Gasteiger partial charge in [0.1, 0.15) is 5.82 Å². The zero-order valence-electron chi connectivity index (χ0n) is 15.9. The van der Waals surface area contributed by atoms with Crippen molar-refractivity contribution in [3.05, 3.63) is 65.7 Å². The van der Waals surface area contributed by atoms with Gasteiger partial charge in [-0.05, 0) is 44.0 Å². The van der Waals surface area contributed by atoms with Gasteiger partial charge >= 0.3 is 5.97 Å². The summed E-state index contributed by atoms with van der Waals surface area (Å²) in [5, 5.41) is 2.90. The van der Waals surface area contributed by atoms with E-state index in [0.717, 1.165) is 25.7 Å². The number of rotatable bonds is 7. The van der Waals surface area contributed by atoms with Gasteiger partial charge in [0.25, 0.3) is 0 Å². The Morgan fingerprint density at radius 1 is 1.21 bits per heavy atom. The highest BCUT2D eigenvalue weighted by Crippen LogP contribution is 2.26. The van der Waals surface area contributed by atoms with E-state index in [-0.39, 0.29) is 24.3 Å². The van der Waals surface area contributed by atoms with Crippen LogP contribution in [-0.4, -0.2) is 22.9 Å². The van der Waals surface area contributed by atoms with Crippen molar-refractivity contribution >= 4 is 11.9 Å². The average Bonchev–Trinajstić information content (AvgIpc) is 3.21. The van der Waals surface area contributed by atoms with E-state index in [1.54, 1.807) is 43.5 Å². The van der Waals surface area contributed by atoms with Crippen molar-refractivity contribution in [1.29, 1.82) is 0 Å². The molecule has 1 heterocycles. The molecule has 0 bridgehead atoms. The molecule has 28 heavy (non-hydrogen) atoms. The SMILES string of the molecule is CC(CC(=O)OC(c1cccc(F)c1)c1ccccn1)NC(=O)C1CCCC1. The minimum absolute atomic E-state index is 0.00389. The Kier molecular flexibility index (Phi) is 6.74. The fourth-order valence-corrected chi connectivity index (χ4v) is 3.53. The van der Waals surface area contributed by atoms with Crippen LogP contribution in [0.4, 0.5) is 4.39 Å². The van der Waals surface area contributed by atoms with Gasteiger partial charge in [-0.2, -0.15) is 0 Å². The minimum Gasteiger partial charge on any atom is -0.451 e. The van der Waals surface area contributed by atoms with Crippen molar-refractivity contribution < 1.29 is 18.7 Å². The summed E-state index contributed by atoms with van der Waals surface area (Å²) in [7, 11) is 0. The van der Waals surface area contributed by atoms with Gasteiger partial charge in [0.2, 0.25) is 5.91 Å². The van der Waals surface area contributed by atoms with E-state index in [0.29, 0.717) is 11.3 Å². The third-order valence-corrected chi connectivity index (χ3v) is 4.94. The number of nitrogens with zero attached hydrogens (tertiary/aromatic N) is 1. The molecule has 2 unspecified atom stereocenters. The molecule has 1 aliphatic carbocycles. The minimum atomic E-state index is -0.804. The van der Waals surface area contributed by atoms with Crippen molar-refractivity contribution in [2.24, 2.45) is 5.92 Å². The number of benzene rings is 1. The van der Waals surface area contributed by atoms with E-state index >= 15 is 0 Å². The molecule has 1 aliphatic rings. The van der Waals surface area contributed by atoms with Crippen molar-refractivity contribution in [2.75, 3.05) is 0 Å². The molecule has 2 aromatic rings. The first kappa shape index (κ1) is 20.0. The molecule has 1 N–H and O–H groups in total. The molecule has 148 valence electrons. The highest BCUT2D eigenvalue weighted by molar-refractivity contribution is 5.80. The maximum atomic E-state index is 13.7. The number of carbonyl (C=O) groups excluding carboxylic acids is 2. The molecular weight excluding hydrogens is 359 g/mol. The summed E-state index contributed by atoms with van der Waals surface area (Å²) in [6.07, 6.45) is 4.80. The largest absolute Gasteiger partial charge is 0.451 e. The first-order valence-electron chi connectivity index (χ1n) is 9.69. The monoisotopic (exact) mass is 384 g/mol. The van der Waals surface area contributed by atoms with Crippen molar-refractivity contribution in [3.8, 4) is 0 Å². The molecule has 6 heteroatoms. The Morgan fingerprint density at radius 2 is 2.00 bits per heavy atom. The number of ether oxygens (including phenoxy) is 1. The second kappa shape index (κ2) is 9.44. The van der Waals surface area contributed by atoms with Crippen LogP contribution in [0, 0.1) is 11.7 Å². The number of carbonyl (C=O) groups is 2. The normalized spacial score (nSPS) is 16.4. The summed E-state index contributed by atoms with van der Waals surface area (Å²) in [5.41, 5.74) is 1.03. The van der Waals surface area contributed by atoms with Gasteiger partial charge in [0, 0.05) is 23.7 Å². The standard InChI is InChI=1S/C22H25FN2O3/c1-15(25-22(27)16-7-2-3-8-16)13-20(26)28-21(19-11-4-5-12-24-19)17-9-6-10-18(23)14-17/h4-6,9-12,14-16,21H,2-3,7-8,13H2,1H3,(H,25,27). The molecule has 1 aromatic carbocycles. The number of esters is 1. The molecule has 1 saturated carbocycles. The summed E-state index contributed by atoms with van der Waals surface area (Å²) >= 11 is 0. The number of aromatic nitrogens is 1. The first-order chi connectivity index (χ1) is 13.5. The molecule has 1 aromatic heterocycles. The lowest BCUT2D eigenvalue weighted by atomic mass is 10.1. The van der Waals surface area contributed by atoms with Gasteiger partial charge < -0.3 is 10.1 Å². The molecule has 0 spiro atoms. The van der Waals surface area contributed by atoms with E-state index < -0.39 is 17.9 Å². The lowest BCUT2D eigenvalue weighted by molar-refractivity contribution is -0.148. The molecule has 1 fully saturated rings. The van der Waals surface area contributed by atoms with E-state index in [1.807, 2.05) is 0 Å². The number of halogens is 1. The van der Waals surface area contributed by atoms with E-state index in [4.69, 9.17) is 4.74 Å². The number of hydrogen-bond acceptors (Lipinski definition) is 4. The Hall–Kier alpha value is -2.76. The number of pyridine rings is 1. The molecule has 0 radical (unpaired) electrons. The van der Waals surface area contributed by atoms with Crippen LogP contribution in [0.1, 0.15) is 56.4 Å². The number of nitrogens with one attached hydrogen (secondary N) is 1. The molecular formula is C22H25FN2O3. The van der Waals surface area contributed by atoms with Crippen molar-refractivity contribution in [2.45, 2.75) is 51.2 Å². The van der Waals surface area contributed by atoms with Crippen LogP contribution in [0.15, 0.2) is 48.7 Å². The second-order valence-electron chi connectivity index (χ2n) is 7.27. The summed E-state index contributed by atoms with van der Waals surface area (Å²) in [6, 6.07) is 10.9. The Bertz CT molecular complexity index is 806. The average molecular weight is 384 g/mol. The Morgan fingerprint density at radius 3 is 2.68 bits per heavy atom. The smallest absolute Gasteiger partial charge is 0.308 e. The van der Waals surface area contributed by atoms with Crippen LogP contribution in [0.25, 0.3) is 0 Å². The number of hydrogen-bond donors (Lipinski definition) is 1. The molecule has 3 rings (SSSR count). The predicted molar refractivity (Wildman–Crippen MR) is 103 cm³/mol. The summed E-state index contributed by atoms with van der Waals surface area (Å²) < 4.78 is 19.3. The molecule has 5 nitrogen and oxygen atoms in total. The van der Waals surface area contributed by atoms with E-state index in [2.05, 4.69) is 10.3 Å². The van der Waals surface area contributed by atoms with Gasteiger partial charge in [-0.25, -0.2) is 4.39 Å². The molecule has 0 saturated heterocycles. The zero-order valence-corrected chi connectivity index (χ0v) is 15.9. The highest BCUT2D eigenvalue weighted by Gasteiger charge is 2.26.